The minimum atomic E-state index is -0.836. The van der Waals surface area contributed by atoms with Gasteiger partial charge in [0.25, 0.3) is 0 Å². The molecule has 0 amide bonds. The van der Waals surface area contributed by atoms with Crippen LogP contribution in [0.3, 0.4) is 0 Å². The number of fused-ring (bicyclic) bond motifs is 4. The van der Waals surface area contributed by atoms with Crippen LogP contribution in [-0.2, 0) is 23.9 Å². The maximum atomic E-state index is 14.0. The molecule has 4 aliphatic rings. The van der Waals surface area contributed by atoms with E-state index in [1.54, 1.807) is 0 Å². The summed E-state index contributed by atoms with van der Waals surface area (Å²) in [5.74, 6) is -0.311. The van der Waals surface area contributed by atoms with Crippen molar-refractivity contribution < 1.29 is 29.0 Å². The molecule has 0 aromatic carbocycles. The second-order valence-corrected chi connectivity index (χ2v) is 12.7. The number of allylic oxidation sites excluding steroid dienone is 1. The van der Waals surface area contributed by atoms with Gasteiger partial charge in [0, 0.05) is 53.1 Å². The van der Waals surface area contributed by atoms with Gasteiger partial charge in [-0.2, -0.15) is 0 Å². The highest BCUT2D eigenvalue weighted by Crippen LogP contribution is 2.70. The zero-order valence-electron chi connectivity index (χ0n) is 21.7. The van der Waals surface area contributed by atoms with Gasteiger partial charge in [-0.05, 0) is 42.4 Å². The van der Waals surface area contributed by atoms with Gasteiger partial charge in [-0.25, -0.2) is 0 Å². The van der Waals surface area contributed by atoms with Crippen LogP contribution in [0.1, 0.15) is 86.5 Å². The molecule has 34 heavy (non-hydrogen) atoms. The second kappa shape index (κ2) is 7.84. The van der Waals surface area contributed by atoms with Crippen molar-refractivity contribution in [1.82, 2.24) is 0 Å². The number of hydrogen-bond donors (Lipinski definition) is 1. The van der Waals surface area contributed by atoms with E-state index in [0.717, 1.165) is 0 Å². The fourth-order valence-electron chi connectivity index (χ4n) is 8.56. The summed E-state index contributed by atoms with van der Waals surface area (Å²) in [6.07, 6.45) is 2.14. The van der Waals surface area contributed by atoms with Crippen molar-refractivity contribution in [2.45, 2.75) is 92.6 Å². The van der Waals surface area contributed by atoms with Crippen molar-refractivity contribution in [3.63, 3.8) is 0 Å². The molecule has 7 atom stereocenters. The summed E-state index contributed by atoms with van der Waals surface area (Å²) in [5, 5.41) is 11.5. The number of ketones is 3. The largest absolute Gasteiger partial charge is 0.469 e. The molecule has 2 saturated carbocycles. The second-order valence-electron chi connectivity index (χ2n) is 12.7. The highest BCUT2D eigenvalue weighted by molar-refractivity contribution is 6.12. The first-order valence-corrected chi connectivity index (χ1v) is 12.8. The Labute approximate surface area is 202 Å². The van der Waals surface area contributed by atoms with Crippen LogP contribution in [0.15, 0.2) is 11.1 Å². The van der Waals surface area contributed by atoms with Crippen molar-refractivity contribution in [1.29, 1.82) is 0 Å². The molecule has 0 saturated heterocycles. The number of methoxy groups -OCH3 is 1. The van der Waals surface area contributed by atoms with Crippen LogP contribution in [-0.4, -0.2) is 41.6 Å². The molecule has 6 nitrogen and oxygen atoms in total. The number of rotatable bonds is 4. The molecule has 0 spiro atoms. The molecular weight excluding hydrogens is 432 g/mol. The van der Waals surface area contributed by atoms with Crippen molar-refractivity contribution in [3.8, 4) is 0 Å². The van der Waals surface area contributed by atoms with Crippen LogP contribution in [0.2, 0.25) is 0 Å². The molecule has 0 radical (unpaired) electrons. The summed E-state index contributed by atoms with van der Waals surface area (Å²) in [5.41, 5.74) is -1.51. The molecular formula is C28H40O6. The zero-order valence-corrected chi connectivity index (χ0v) is 21.7. The monoisotopic (exact) mass is 472 g/mol. The standard InChI is InChI=1S/C28H40O6/c1-15(8-9-22(33)34-7)16-12-21(32)28(6)24-17(29)13-19-25(2,3)20(31)10-11-26(19,4)23(24)18(30)14-27(16,28)5/h15-16,19,21,32H,8-14H2,1-7H3. The van der Waals surface area contributed by atoms with Gasteiger partial charge < -0.3 is 9.84 Å². The predicted octanol–water partition coefficient (Wildman–Crippen LogP) is 4.22. The lowest BCUT2D eigenvalue weighted by atomic mass is 9.42. The van der Waals surface area contributed by atoms with Crippen LogP contribution in [0.5, 0.6) is 0 Å². The summed E-state index contributed by atoms with van der Waals surface area (Å²) in [6, 6.07) is 0. The van der Waals surface area contributed by atoms with E-state index in [1.165, 1.54) is 7.11 Å². The number of ether oxygens (including phenoxy) is 1. The molecule has 1 N–H and O–H groups in total. The van der Waals surface area contributed by atoms with Gasteiger partial charge in [-0.15, -0.1) is 0 Å². The third kappa shape index (κ3) is 3.09. The molecule has 4 rings (SSSR count). The molecule has 0 heterocycles. The topological polar surface area (TPSA) is 97.7 Å². The summed E-state index contributed by atoms with van der Waals surface area (Å²) in [6.45, 7) is 12.0. The summed E-state index contributed by atoms with van der Waals surface area (Å²) >= 11 is 0. The number of hydrogen-bond acceptors (Lipinski definition) is 6. The molecule has 0 aromatic heterocycles. The Kier molecular flexibility index (Phi) is 5.83. The van der Waals surface area contributed by atoms with Gasteiger partial charge in [0.1, 0.15) is 5.78 Å². The van der Waals surface area contributed by atoms with Crippen molar-refractivity contribution in [2.24, 2.45) is 39.4 Å². The molecule has 0 aromatic rings. The number of carbonyl (C=O) groups excluding carboxylic acids is 4. The number of esters is 1. The first kappa shape index (κ1) is 25.3. The minimum absolute atomic E-state index is 0.0000538. The maximum absolute atomic E-state index is 14.0. The Morgan fingerprint density at radius 2 is 1.74 bits per heavy atom. The molecule has 6 heteroatoms. The van der Waals surface area contributed by atoms with E-state index in [2.05, 4.69) is 20.8 Å². The number of Topliss-reactive ketones (excluding diaryl/α,β-unsaturated/α-hetero) is 3. The number of carbonyl (C=O) groups is 4. The van der Waals surface area contributed by atoms with Crippen molar-refractivity contribution in [3.05, 3.63) is 11.1 Å². The lowest BCUT2D eigenvalue weighted by Crippen LogP contribution is -2.59. The first-order chi connectivity index (χ1) is 15.7. The van der Waals surface area contributed by atoms with E-state index >= 15 is 0 Å². The lowest BCUT2D eigenvalue weighted by Gasteiger charge is -2.59. The molecule has 2 fully saturated rings. The van der Waals surface area contributed by atoms with Gasteiger partial charge in [0.2, 0.25) is 0 Å². The van der Waals surface area contributed by atoms with Gasteiger partial charge in [-0.3, -0.25) is 19.2 Å². The Hall–Kier alpha value is -1.82. The lowest BCUT2D eigenvalue weighted by molar-refractivity contribution is -0.147. The molecule has 7 unspecified atom stereocenters. The van der Waals surface area contributed by atoms with Gasteiger partial charge in [0.15, 0.2) is 11.6 Å². The van der Waals surface area contributed by atoms with Crippen molar-refractivity contribution >= 4 is 23.3 Å². The van der Waals surface area contributed by atoms with Crippen molar-refractivity contribution in [2.75, 3.05) is 7.11 Å². The number of aliphatic hydroxyl groups is 1. The zero-order chi connectivity index (χ0) is 25.4. The molecule has 0 bridgehead atoms. The van der Waals surface area contributed by atoms with Crippen LogP contribution in [0, 0.1) is 39.4 Å². The Balaban J connectivity index is 1.82. The molecule has 188 valence electrons. The maximum Gasteiger partial charge on any atom is 0.305 e. The third-order valence-corrected chi connectivity index (χ3v) is 10.9. The number of aliphatic hydroxyl groups excluding tert-OH is 1. The van der Waals surface area contributed by atoms with Crippen LogP contribution in [0.4, 0.5) is 0 Å². The van der Waals surface area contributed by atoms with Crippen LogP contribution in [0.25, 0.3) is 0 Å². The van der Waals surface area contributed by atoms with Crippen LogP contribution >= 0.6 is 0 Å². The fraction of sp³-hybridized carbons (Fsp3) is 0.786. The van der Waals surface area contributed by atoms with E-state index in [9.17, 15) is 24.3 Å². The Morgan fingerprint density at radius 3 is 2.35 bits per heavy atom. The SMILES string of the molecule is COC(=O)CCC(C)C1CC(O)C2(C)C3=C(C(=O)CC12C)C1(C)CCC(=O)C(C)(C)C1CC3=O. The smallest absolute Gasteiger partial charge is 0.305 e. The average Bonchev–Trinajstić information content (AvgIpc) is 2.97. The average molecular weight is 473 g/mol. The van der Waals surface area contributed by atoms with E-state index in [0.29, 0.717) is 43.3 Å². The fourth-order valence-corrected chi connectivity index (χ4v) is 8.56. The van der Waals surface area contributed by atoms with Gasteiger partial charge >= 0.3 is 5.97 Å². The van der Waals surface area contributed by atoms with E-state index in [1.807, 2.05) is 20.8 Å². The first-order valence-electron chi connectivity index (χ1n) is 12.8. The summed E-state index contributed by atoms with van der Waals surface area (Å²) in [7, 11) is 1.38. The summed E-state index contributed by atoms with van der Waals surface area (Å²) < 4.78 is 4.81. The minimum Gasteiger partial charge on any atom is -0.469 e. The van der Waals surface area contributed by atoms with E-state index in [-0.39, 0.29) is 53.9 Å². The van der Waals surface area contributed by atoms with E-state index in [4.69, 9.17) is 4.74 Å². The Bertz CT molecular complexity index is 991. The Morgan fingerprint density at radius 1 is 1.09 bits per heavy atom. The van der Waals surface area contributed by atoms with Gasteiger partial charge in [0.05, 0.1) is 13.2 Å². The molecule has 4 aliphatic carbocycles. The highest BCUT2D eigenvalue weighted by atomic mass is 16.5. The van der Waals surface area contributed by atoms with Gasteiger partial charge in [-0.1, -0.05) is 41.5 Å². The predicted molar refractivity (Wildman–Crippen MR) is 127 cm³/mol. The summed E-state index contributed by atoms with van der Waals surface area (Å²) in [4.78, 5) is 52.3. The molecule has 0 aliphatic heterocycles. The quantitative estimate of drug-likeness (QED) is 0.615. The highest BCUT2D eigenvalue weighted by Gasteiger charge is 2.70. The third-order valence-electron chi connectivity index (χ3n) is 10.9. The normalized spacial score (nSPS) is 42.1. The van der Waals surface area contributed by atoms with E-state index < -0.39 is 27.8 Å². The van der Waals surface area contributed by atoms with Crippen LogP contribution < -0.4 is 0 Å².